The number of rotatable bonds is 4. The molecule has 0 N–H and O–H groups in total. The second-order valence-electron chi connectivity index (χ2n) is 9.54. The molecule has 0 aromatic carbocycles. The molecule has 3 nitrogen and oxygen atoms in total. The van der Waals surface area contributed by atoms with Crippen molar-refractivity contribution >= 4 is 11.8 Å². The molecule has 0 heterocycles. The average Bonchev–Trinajstić information content (AvgIpc) is 3.01. The highest BCUT2D eigenvalue weighted by molar-refractivity contribution is 5.91. The van der Waals surface area contributed by atoms with Crippen LogP contribution >= 0.6 is 0 Å². The summed E-state index contributed by atoms with van der Waals surface area (Å²) >= 11 is 0. The van der Waals surface area contributed by atoms with Crippen LogP contribution in [0.2, 0.25) is 0 Å². The van der Waals surface area contributed by atoms with Crippen molar-refractivity contribution in [3.05, 3.63) is 23.8 Å². The van der Waals surface area contributed by atoms with Gasteiger partial charge in [-0.2, -0.15) is 0 Å². The van der Waals surface area contributed by atoms with Gasteiger partial charge in [-0.1, -0.05) is 44.9 Å². The molecule has 0 bridgehead atoms. The van der Waals surface area contributed by atoms with E-state index in [0.29, 0.717) is 48.4 Å². The van der Waals surface area contributed by atoms with Crippen LogP contribution in [0.1, 0.15) is 65.7 Å². The summed E-state index contributed by atoms with van der Waals surface area (Å²) in [7, 11) is 0. The Morgan fingerprint density at radius 1 is 1.26 bits per heavy atom. The lowest BCUT2D eigenvalue weighted by Crippen LogP contribution is -2.50. The van der Waals surface area contributed by atoms with Crippen LogP contribution < -0.4 is 0 Å². The molecule has 4 aliphatic rings. The van der Waals surface area contributed by atoms with Crippen LogP contribution in [-0.2, 0) is 14.3 Å². The minimum Gasteiger partial charge on any atom is -0.465 e. The first-order valence-corrected chi connectivity index (χ1v) is 11.0. The number of ketones is 1. The van der Waals surface area contributed by atoms with Crippen molar-refractivity contribution in [3.8, 4) is 0 Å². The van der Waals surface area contributed by atoms with E-state index in [4.69, 9.17) is 4.74 Å². The first-order valence-electron chi connectivity index (χ1n) is 11.0. The van der Waals surface area contributed by atoms with Crippen LogP contribution in [0.25, 0.3) is 0 Å². The van der Waals surface area contributed by atoms with Gasteiger partial charge >= 0.3 is 5.97 Å². The first-order chi connectivity index (χ1) is 13.0. The molecule has 0 spiro atoms. The molecule has 0 aromatic heterocycles. The molecular formula is C24H34O3. The Labute approximate surface area is 163 Å². The average molecular weight is 371 g/mol. The summed E-state index contributed by atoms with van der Waals surface area (Å²) in [6, 6.07) is 0. The molecule has 3 heteroatoms. The van der Waals surface area contributed by atoms with Gasteiger partial charge in [-0.3, -0.25) is 9.59 Å². The molecule has 0 radical (unpaired) electrons. The molecule has 5 unspecified atom stereocenters. The normalized spacial score (nSPS) is 42.8. The molecule has 7 atom stereocenters. The summed E-state index contributed by atoms with van der Waals surface area (Å²) in [5.41, 5.74) is 1.67. The molecule has 0 amide bonds. The third-order valence-electron chi connectivity index (χ3n) is 8.41. The van der Waals surface area contributed by atoms with Gasteiger partial charge in [0.05, 0.1) is 6.61 Å². The minimum absolute atomic E-state index is 0.0881. The zero-order chi connectivity index (χ0) is 19.2. The lowest BCUT2D eigenvalue weighted by atomic mass is 9.48. The number of carbonyl (C=O) groups is 2. The number of ether oxygens (including phenoxy) is 1. The number of hydrogen-bond acceptors (Lipinski definition) is 3. The maximum atomic E-state index is 12.0. The molecule has 2 saturated carbocycles. The Morgan fingerprint density at radius 3 is 2.81 bits per heavy atom. The van der Waals surface area contributed by atoms with E-state index in [0.717, 1.165) is 25.2 Å². The van der Waals surface area contributed by atoms with Gasteiger partial charge in [-0.25, -0.2) is 0 Å². The van der Waals surface area contributed by atoms with Crippen LogP contribution in [0.5, 0.6) is 0 Å². The number of hydrogen-bond donors (Lipinski definition) is 0. The van der Waals surface area contributed by atoms with Crippen molar-refractivity contribution in [1.82, 2.24) is 0 Å². The summed E-state index contributed by atoms with van der Waals surface area (Å²) < 4.78 is 5.54. The van der Waals surface area contributed by atoms with Gasteiger partial charge in [-0.05, 0) is 66.8 Å². The largest absolute Gasteiger partial charge is 0.465 e. The van der Waals surface area contributed by atoms with Gasteiger partial charge in [0, 0.05) is 18.8 Å². The van der Waals surface area contributed by atoms with Crippen LogP contribution in [0.3, 0.4) is 0 Å². The van der Waals surface area contributed by atoms with Crippen molar-refractivity contribution in [3.63, 3.8) is 0 Å². The third kappa shape index (κ3) is 3.11. The summed E-state index contributed by atoms with van der Waals surface area (Å²) in [4.78, 5) is 23.6. The number of esters is 1. The maximum Gasteiger partial charge on any atom is 0.305 e. The van der Waals surface area contributed by atoms with E-state index in [1.807, 2.05) is 13.0 Å². The zero-order valence-corrected chi connectivity index (χ0v) is 17.1. The molecular weight excluding hydrogens is 336 g/mol. The van der Waals surface area contributed by atoms with E-state index in [1.54, 1.807) is 0 Å². The zero-order valence-electron chi connectivity index (χ0n) is 17.1. The predicted molar refractivity (Wildman–Crippen MR) is 106 cm³/mol. The van der Waals surface area contributed by atoms with E-state index in [-0.39, 0.29) is 11.4 Å². The van der Waals surface area contributed by atoms with Gasteiger partial charge in [0.15, 0.2) is 5.78 Å². The van der Waals surface area contributed by atoms with E-state index < -0.39 is 0 Å². The maximum absolute atomic E-state index is 12.0. The second kappa shape index (κ2) is 7.22. The van der Waals surface area contributed by atoms with E-state index >= 15 is 0 Å². The van der Waals surface area contributed by atoms with Gasteiger partial charge in [0.25, 0.3) is 0 Å². The fraction of sp³-hybridized carbons (Fsp3) is 0.750. The quantitative estimate of drug-likeness (QED) is 0.510. The van der Waals surface area contributed by atoms with Crippen LogP contribution in [-0.4, -0.2) is 18.4 Å². The standard InChI is InChI=1S/C24H34O3/c1-4-15-12-16-13-18(25)7-8-19(16)20-10-11-24(3)17(14-27-22(26)5-2)6-9-21(24)23(15)20/h6,9,13,15,17,19-21,23H,4-5,7-8,10-12,14H2,1-3H3/t15?,17-,19?,20?,21?,23?,24-/m1/s1. The topological polar surface area (TPSA) is 43.4 Å². The van der Waals surface area contributed by atoms with Gasteiger partial charge in [0.1, 0.15) is 0 Å². The Kier molecular flexibility index (Phi) is 5.07. The van der Waals surface area contributed by atoms with Crippen molar-refractivity contribution < 1.29 is 14.3 Å². The van der Waals surface area contributed by atoms with E-state index in [9.17, 15) is 9.59 Å². The summed E-state index contributed by atoms with van der Waals surface area (Å²) in [6.45, 7) is 7.14. The molecule has 2 fully saturated rings. The lowest BCUT2D eigenvalue weighted by Gasteiger charge is -2.56. The fourth-order valence-corrected chi connectivity index (χ4v) is 6.86. The summed E-state index contributed by atoms with van der Waals surface area (Å²) in [5, 5.41) is 0. The number of carbonyl (C=O) groups excluding carboxylic acids is 2. The Hall–Kier alpha value is -1.38. The van der Waals surface area contributed by atoms with Gasteiger partial charge < -0.3 is 4.74 Å². The van der Waals surface area contributed by atoms with E-state index in [1.165, 1.54) is 24.8 Å². The first kappa shape index (κ1) is 19.0. The summed E-state index contributed by atoms with van der Waals surface area (Å²) in [5.74, 6) is 3.94. The molecule has 4 rings (SSSR count). The van der Waals surface area contributed by atoms with Crippen LogP contribution in [0.4, 0.5) is 0 Å². The van der Waals surface area contributed by atoms with Gasteiger partial charge in [0.2, 0.25) is 0 Å². The van der Waals surface area contributed by atoms with Gasteiger partial charge in [-0.15, -0.1) is 0 Å². The second-order valence-corrected chi connectivity index (χ2v) is 9.54. The minimum atomic E-state index is -0.0881. The highest BCUT2D eigenvalue weighted by Crippen LogP contribution is 2.63. The fourth-order valence-electron chi connectivity index (χ4n) is 6.86. The Balaban J connectivity index is 1.58. The van der Waals surface area contributed by atoms with Crippen LogP contribution in [0.15, 0.2) is 23.8 Å². The monoisotopic (exact) mass is 370 g/mol. The van der Waals surface area contributed by atoms with E-state index in [2.05, 4.69) is 26.0 Å². The van der Waals surface area contributed by atoms with Crippen molar-refractivity contribution in [2.24, 2.45) is 40.9 Å². The highest BCUT2D eigenvalue weighted by atomic mass is 16.5. The molecule has 0 saturated heterocycles. The number of allylic oxidation sites excluding steroid dienone is 3. The van der Waals surface area contributed by atoms with Crippen molar-refractivity contribution in [2.45, 2.75) is 65.7 Å². The lowest BCUT2D eigenvalue weighted by molar-refractivity contribution is -0.146. The molecule has 27 heavy (non-hydrogen) atoms. The smallest absolute Gasteiger partial charge is 0.305 e. The molecule has 148 valence electrons. The molecule has 4 aliphatic carbocycles. The number of fused-ring (bicyclic) bond motifs is 5. The van der Waals surface area contributed by atoms with Crippen molar-refractivity contribution in [1.29, 1.82) is 0 Å². The third-order valence-corrected chi connectivity index (χ3v) is 8.41. The Morgan fingerprint density at radius 2 is 2.07 bits per heavy atom. The molecule has 0 aromatic rings. The predicted octanol–water partition coefficient (Wildman–Crippen LogP) is 5.11. The summed E-state index contributed by atoms with van der Waals surface area (Å²) in [6.07, 6.45) is 13.8. The Bertz CT molecular complexity index is 675. The van der Waals surface area contributed by atoms with Crippen molar-refractivity contribution in [2.75, 3.05) is 6.61 Å². The highest BCUT2D eigenvalue weighted by Gasteiger charge is 2.56. The molecule has 0 aliphatic heterocycles. The van der Waals surface area contributed by atoms with Crippen LogP contribution in [0, 0.1) is 40.9 Å². The SMILES string of the molecule is CCC(=O)OC[C@H]1C=CC2C3C(CC)CC4=CC(=O)CCC4C3CC[C@@]21C.